The first-order valence-electron chi connectivity index (χ1n) is 23.3. The molecule has 2 aromatic carbocycles. The van der Waals surface area contributed by atoms with Crippen LogP contribution in [0.4, 0.5) is 9.59 Å². The first kappa shape index (κ1) is 61.4. The summed E-state index contributed by atoms with van der Waals surface area (Å²) >= 11 is 0. The summed E-state index contributed by atoms with van der Waals surface area (Å²) in [5.74, 6) is 3.61. The molecule has 0 saturated carbocycles. The van der Waals surface area contributed by atoms with Crippen LogP contribution >= 0.6 is 0 Å². The third kappa shape index (κ3) is 12.6. The number of terminal acetylenes is 2. The number of aromatic hydroxyl groups is 2. The highest BCUT2D eigenvalue weighted by Gasteiger charge is 2.58. The fraction of sp³-hybridized carbons (Fsp3) is 0.434. The Hall–Kier alpha value is -8.10. The SMILES string of the molecule is C#CCO/N=C(\C)c1c(O)c2ccc(OC3O[C@@](C)(CC=C)C(C)C(OC(=O)NOCC#C)C3O)c(C)c2oc1=O.C=CC[C@]1(C)OC(Oc2ccc3c(O)c(/C(C)=N/OC)c(=O)oc3c2C)C2OC(=O)OC2C1C.O.O. The number of nitrogens with one attached hydrogen (secondary N) is 1. The first-order valence-corrected chi connectivity index (χ1v) is 23.3. The summed E-state index contributed by atoms with van der Waals surface area (Å²) in [4.78, 5) is 64.0. The van der Waals surface area contributed by atoms with E-state index in [0.29, 0.717) is 35.1 Å². The lowest BCUT2D eigenvalue weighted by Crippen LogP contribution is -2.62. The molecule has 8 N–H and O–H groups in total. The molecule has 416 valence electrons. The van der Waals surface area contributed by atoms with Crippen LogP contribution in [0.15, 0.2) is 78.3 Å². The van der Waals surface area contributed by atoms with Gasteiger partial charge in [-0.25, -0.2) is 19.2 Å². The fourth-order valence-corrected chi connectivity index (χ4v) is 8.96. The van der Waals surface area contributed by atoms with Gasteiger partial charge in [-0.15, -0.1) is 26.0 Å². The molecule has 24 heteroatoms. The van der Waals surface area contributed by atoms with Crippen molar-refractivity contribution in [2.24, 2.45) is 22.1 Å². The number of carbonyl (C=O) groups excluding carboxylic acids is 2. The number of nitrogens with zero attached hydrogens (tertiary/aromatic N) is 2. The summed E-state index contributed by atoms with van der Waals surface area (Å²) in [6.45, 7) is 20.9. The van der Waals surface area contributed by atoms with Gasteiger partial charge in [0.2, 0.25) is 18.7 Å². The number of aliphatic hydroxyl groups excluding tert-OH is 1. The molecule has 3 fully saturated rings. The summed E-state index contributed by atoms with van der Waals surface area (Å²) < 4.78 is 51.8. The normalized spacial score (nSPS) is 25.5. The molecule has 0 bridgehead atoms. The minimum absolute atomic E-state index is 0. The zero-order valence-corrected chi connectivity index (χ0v) is 43.7. The molecule has 8 unspecified atom stereocenters. The number of aryl methyl sites for hydroxylation is 2. The molecular weight excluding hydrogens is 1010 g/mol. The lowest BCUT2D eigenvalue weighted by atomic mass is 9.79. The Labute approximate surface area is 441 Å². The highest BCUT2D eigenvalue weighted by Crippen LogP contribution is 2.45. The molecular formula is C53H63N3O21. The van der Waals surface area contributed by atoms with E-state index in [2.05, 4.69) is 40.8 Å². The van der Waals surface area contributed by atoms with Crippen molar-refractivity contribution in [3.8, 4) is 47.7 Å². The minimum atomic E-state index is -1.44. The number of carbonyl (C=O) groups is 2. The number of oxime groups is 2. The van der Waals surface area contributed by atoms with E-state index < -0.39 is 77.6 Å². The second-order valence-corrected chi connectivity index (χ2v) is 18.1. The van der Waals surface area contributed by atoms with Gasteiger partial charge >= 0.3 is 23.5 Å². The van der Waals surface area contributed by atoms with Gasteiger partial charge in [-0.3, -0.25) is 4.84 Å². The van der Waals surface area contributed by atoms with Crippen molar-refractivity contribution >= 4 is 45.6 Å². The number of benzene rings is 2. The quantitative estimate of drug-likeness (QED) is 0.0217. The van der Waals surface area contributed by atoms with Crippen molar-refractivity contribution < 1.29 is 92.4 Å². The summed E-state index contributed by atoms with van der Waals surface area (Å²) in [5, 5.41) is 40.7. The average molecular weight is 1080 g/mol. The molecule has 1 amide bonds. The topological polar surface area (TPSA) is 347 Å². The highest BCUT2D eigenvalue weighted by molar-refractivity contribution is 6.05. The standard InChI is InChI=1S/C29H32N2O10.C24H27NO9.2H2O/c1-8-13-29(7)17(5)25(40-28(35)31-37-15-10-3)23(33)27(41-29)38-20-12-11-19-22(32)21(18(6)30-36-14-9-2)26(34)39-24(19)16(20)4;1-7-10-24(5)12(3)19-20(33-23(28)32-19)22(34-24)30-15-9-8-14-17(26)16(13(4)25-29-6)21(27)31-18(14)11(15)2;;/h2-3,8,11-12,17,23,25,27,32-33H,1,13-15H2,4-7H3,(H,31,35);7-9,12,19-20,22,26H,1,10H2,2-6H3;2*1H2/b30-18+;25-13+;;/t17?,23?,25?,27?,29-;12?,19?,20?,22?,24-;;/m00../s1. The van der Waals surface area contributed by atoms with Crippen LogP contribution in [0, 0.1) is 50.4 Å². The van der Waals surface area contributed by atoms with Crippen LogP contribution in [0.1, 0.15) is 76.6 Å². The lowest BCUT2D eigenvalue weighted by Gasteiger charge is -2.48. The van der Waals surface area contributed by atoms with Crippen molar-refractivity contribution in [3.05, 3.63) is 92.7 Å². The molecule has 0 aliphatic carbocycles. The van der Waals surface area contributed by atoms with E-state index in [0.717, 1.165) is 0 Å². The Morgan fingerprint density at radius 1 is 0.779 bits per heavy atom. The number of aliphatic hydroxyl groups is 1. The minimum Gasteiger partial charge on any atom is -0.506 e. The third-order valence-corrected chi connectivity index (χ3v) is 13.3. The molecule has 3 saturated heterocycles. The second kappa shape index (κ2) is 25.6. The maximum atomic E-state index is 12.8. The van der Waals surface area contributed by atoms with Crippen molar-refractivity contribution in [1.82, 2.24) is 5.48 Å². The Bertz CT molecular complexity index is 3120. The van der Waals surface area contributed by atoms with Crippen LogP contribution in [0.3, 0.4) is 0 Å². The zero-order valence-electron chi connectivity index (χ0n) is 43.7. The molecule has 4 aromatic rings. The number of ether oxygens (including phenoxy) is 7. The van der Waals surface area contributed by atoms with Crippen LogP contribution in [-0.2, 0) is 38.2 Å². The smallest absolute Gasteiger partial charge is 0.506 e. The number of hydrogen-bond acceptors (Lipinski definition) is 21. The van der Waals surface area contributed by atoms with Crippen molar-refractivity contribution in [3.63, 3.8) is 0 Å². The van der Waals surface area contributed by atoms with Gasteiger partial charge in [0.1, 0.15) is 65.1 Å². The van der Waals surface area contributed by atoms with Crippen LogP contribution in [0.5, 0.6) is 23.0 Å². The van der Waals surface area contributed by atoms with Gasteiger partial charge in [-0.1, -0.05) is 48.2 Å². The Balaban J connectivity index is 0.000000329. The molecule has 3 aliphatic rings. The Morgan fingerprint density at radius 2 is 1.26 bits per heavy atom. The Kier molecular flexibility index (Phi) is 20.4. The molecule has 3 aliphatic heterocycles. The largest absolute Gasteiger partial charge is 0.509 e. The van der Waals surface area contributed by atoms with E-state index >= 15 is 0 Å². The third-order valence-electron chi connectivity index (χ3n) is 13.3. The van der Waals surface area contributed by atoms with Crippen molar-refractivity contribution in [2.75, 3.05) is 20.3 Å². The number of hydroxylamine groups is 1. The van der Waals surface area contributed by atoms with Crippen LogP contribution in [0.2, 0.25) is 0 Å². The lowest BCUT2D eigenvalue weighted by molar-refractivity contribution is -0.289. The molecule has 77 heavy (non-hydrogen) atoms. The van der Waals surface area contributed by atoms with Gasteiger partial charge < -0.3 is 77.9 Å². The summed E-state index contributed by atoms with van der Waals surface area (Å²) in [6, 6.07) is 6.16. The number of amides is 1. The van der Waals surface area contributed by atoms with Crippen molar-refractivity contribution in [2.45, 2.75) is 116 Å². The van der Waals surface area contributed by atoms with E-state index in [9.17, 15) is 34.5 Å². The first-order chi connectivity index (χ1) is 35.6. The molecule has 2 aromatic heterocycles. The zero-order chi connectivity index (χ0) is 55.1. The van der Waals surface area contributed by atoms with Gasteiger partial charge in [-0.05, 0) is 78.6 Å². The van der Waals surface area contributed by atoms with Crippen LogP contribution in [0.25, 0.3) is 21.9 Å². The summed E-state index contributed by atoms with van der Waals surface area (Å²) in [7, 11) is 1.34. The predicted octanol–water partition coefficient (Wildman–Crippen LogP) is 5.05. The molecule has 0 spiro atoms. The molecule has 0 radical (unpaired) electrons. The maximum Gasteiger partial charge on any atom is 0.509 e. The van der Waals surface area contributed by atoms with Gasteiger partial charge in [-0.2, -0.15) is 5.48 Å². The fourth-order valence-electron chi connectivity index (χ4n) is 8.96. The second-order valence-electron chi connectivity index (χ2n) is 18.1. The van der Waals surface area contributed by atoms with Crippen LogP contribution < -0.4 is 26.2 Å². The van der Waals surface area contributed by atoms with E-state index in [-0.39, 0.29) is 86.4 Å². The van der Waals surface area contributed by atoms with Crippen LogP contribution in [-0.4, -0.2) is 118 Å². The number of fused-ring (bicyclic) bond motifs is 3. The number of rotatable bonds is 16. The van der Waals surface area contributed by atoms with E-state index in [1.54, 1.807) is 52.0 Å². The van der Waals surface area contributed by atoms with Gasteiger partial charge in [0, 0.05) is 23.0 Å². The van der Waals surface area contributed by atoms with E-state index in [1.807, 2.05) is 13.8 Å². The highest BCUT2D eigenvalue weighted by atomic mass is 16.8. The average Bonchev–Trinajstić information content (AvgIpc) is 3.77. The molecule has 24 nitrogen and oxygen atoms in total. The monoisotopic (exact) mass is 1080 g/mol. The predicted molar refractivity (Wildman–Crippen MR) is 276 cm³/mol. The van der Waals surface area contributed by atoms with Gasteiger partial charge in [0.25, 0.3) is 0 Å². The van der Waals surface area contributed by atoms with Gasteiger partial charge in [0.05, 0.1) is 33.4 Å². The van der Waals surface area contributed by atoms with Crippen molar-refractivity contribution in [1.29, 1.82) is 0 Å². The summed E-state index contributed by atoms with van der Waals surface area (Å²) in [5.41, 5.74) is -0.337. The van der Waals surface area contributed by atoms with E-state index in [1.165, 1.54) is 33.1 Å². The molecule has 10 atom stereocenters. The number of hydrogen-bond donors (Lipinski definition) is 4. The molecule has 7 rings (SSSR count). The Morgan fingerprint density at radius 3 is 1.77 bits per heavy atom. The van der Waals surface area contributed by atoms with E-state index in [4.69, 9.17) is 69.4 Å². The van der Waals surface area contributed by atoms with Gasteiger partial charge in [0.15, 0.2) is 18.8 Å². The maximum absolute atomic E-state index is 12.8. The summed E-state index contributed by atoms with van der Waals surface area (Å²) in [6.07, 6.45) is 6.52. The molecule has 5 heterocycles.